The molecule has 0 aliphatic heterocycles. The van der Waals surface area contributed by atoms with Gasteiger partial charge in [0.05, 0.1) is 56.5 Å². The van der Waals surface area contributed by atoms with Gasteiger partial charge in [0, 0.05) is 13.1 Å². The van der Waals surface area contributed by atoms with Crippen molar-refractivity contribution in [3.8, 4) is 0 Å². The fourth-order valence-electron chi connectivity index (χ4n) is 4.14. The second kappa shape index (κ2) is 23.3. The van der Waals surface area contributed by atoms with E-state index in [1.807, 2.05) is 0 Å². The maximum absolute atomic E-state index is 11.4. The average Bonchev–Trinajstić information content (AvgIpc) is 3.07. The van der Waals surface area contributed by atoms with Gasteiger partial charge in [-0.2, -0.15) is 8.78 Å². The Kier molecular flexibility index (Phi) is 21.1. The first-order valence-corrected chi connectivity index (χ1v) is 19.3. The fraction of sp³-hybridized carbons (Fsp3) is 0.188. The van der Waals surface area contributed by atoms with Gasteiger partial charge in [0.2, 0.25) is 0 Å². The Labute approximate surface area is 274 Å². The summed E-state index contributed by atoms with van der Waals surface area (Å²) in [7, 11) is 3.93. The van der Waals surface area contributed by atoms with Crippen molar-refractivity contribution < 1.29 is 40.4 Å². The summed E-state index contributed by atoms with van der Waals surface area (Å²) in [5, 5.41) is 5.89. The predicted octanol–water partition coefficient (Wildman–Crippen LogP) is 5.44. The number of benzene rings is 4. The number of ether oxygens (including phenoxy) is 1. The number of rotatable bonds is 11. The van der Waals surface area contributed by atoms with E-state index < -0.39 is 27.2 Å². The van der Waals surface area contributed by atoms with Crippen LogP contribution in [0.5, 0.6) is 0 Å². The van der Waals surface area contributed by atoms with Crippen LogP contribution in [0.1, 0.15) is 0 Å². The van der Waals surface area contributed by atoms with Crippen molar-refractivity contribution >= 4 is 71.1 Å². The van der Waals surface area contributed by atoms with E-state index in [-0.39, 0.29) is 0 Å². The summed E-state index contributed by atoms with van der Waals surface area (Å²) in [6.45, 7) is 5.38. The van der Waals surface area contributed by atoms with E-state index in [2.05, 4.69) is 159 Å². The third kappa shape index (κ3) is 15.0. The van der Waals surface area contributed by atoms with Gasteiger partial charge in [0.25, 0.3) is 0 Å². The van der Waals surface area contributed by atoms with Gasteiger partial charge < -0.3 is 14.8 Å². The van der Waals surface area contributed by atoms with E-state index in [0.717, 1.165) is 20.2 Å². The second-order valence-electron chi connectivity index (χ2n) is 8.66. The van der Waals surface area contributed by atoms with Crippen LogP contribution >= 0.6 is 37.1 Å². The summed E-state index contributed by atoms with van der Waals surface area (Å²) in [6, 6.07) is 44.2. The number of esters is 1. The third-order valence-corrected chi connectivity index (χ3v) is 11.8. The van der Waals surface area contributed by atoms with Crippen molar-refractivity contribution in [3.05, 3.63) is 121 Å². The molecule has 0 bridgehead atoms. The van der Waals surface area contributed by atoms with Crippen LogP contribution in [-0.2, 0) is 31.6 Å². The van der Waals surface area contributed by atoms with Crippen LogP contribution in [0.15, 0.2) is 121 Å². The summed E-state index contributed by atoms with van der Waals surface area (Å²) in [5.41, 5.74) is 0. The molecule has 4 nitrogen and oxygen atoms in total. The molecule has 0 spiro atoms. The zero-order chi connectivity index (χ0) is 31.9. The molecule has 43 heavy (non-hydrogen) atoms. The number of methoxy groups -OCH3 is 1. The van der Waals surface area contributed by atoms with Crippen LogP contribution < -0.4 is 26.5 Å². The molecule has 11 heteroatoms. The van der Waals surface area contributed by atoms with E-state index in [1.54, 1.807) is 17.3 Å². The molecular formula is C32H36Cl2F2NO3P2Ru+3. The van der Waals surface area contributed by atoms with E-state index in [1.165, 1.54) is 33.5 Å². The van der Waals surface area contributed by atoms with Crippen LogP contribution in [0.25, 0.3) is 0 Å². The van der Waals surface area contributed by atoms with Crippen LogP contribution in [0.2, 0.25) is 0 Å². The number of halogens is 4. The van der Waals surface area contributed by atoms with Gasteiger partial charge in [0.15, 0.2) is 0 Å². The molecule has 4 aromatic rings. The first-order valence-electron chi connectivity index (χ1n) is 13.1. The van der Waals surface area contributed by atoms with Crippen molar-refractivity contribution in [3.63, 3.8) is 0 Å². The summed E-state index contributed by atoms with van der Waals surface area (Å²) >= 11 is 5.80. The Morgan fingerprint density at radius 1 is 0.698 bits per heavy atom. The molecule has 0 heterocycles. The molecule has 0 saturated heterocycles. The van der Waals surface area contributed by atoms with Gasteiger partial charge in [-0.3, -0.25) is 6.79 Å². The first-order chi connectivity index (χ1) is 20.9. The molecule has 0 radical (unpaired) electrons. The van der Waals surface area contributed by atoms with Gasteiger partial charge in [-0.25, -0.2) is 4.79 Å². The van der Waals surface area contributed by atoms with Crippen molar-refractivity contribution in [2.75, 3.05) is 32.5 Å². The molecule has 230 valence electrons. The Hall–Kier alpha value is -2.10. The van der Waals surface area contributed by atoms with Gasteiger partial charge in [-0.05, 0) is 60.1 Å². The van der Waals surface area contributed by atoms with Gasteiger partial charge >= 0.3 is 38.4 Å². The Morgan fingerprint density at radius 2 is 0.953 bits per heavy atom. The number of carbonyl (C=O) groups is 1. The third-order valence-electron chi connectivity index (χ3n) is 6.01. The molecule has 0 fully saturated rings. The minimum atomic E-state index is -3.88. The topological polar surface area (TPSA) is 55.4 Å². The minimum absolute atomic E-state index is 0.758. The van der Waals surface area contributed by atoms with Crippen molar-refractivity contribution in [2.24, 2.45) is 0 Å². The Bertz CT molecular complexity index is 1100. The molecule has 1 N–H and O–H groups in total. The van der Waals surface area contributed by atoms with Crippen LogP contribution in [0.4, 0.5) is 8.78 Å². The zero-order valence-electron chi connectivity index (χ0n) is 23.6. The van der Waals surface area contributed by atoms with Gasteiger partial charge in [0.1, 0.15) is 0 Å². The quantitative estimate of drug-likeness (QED) is 0.0422. The smallest absolute Gasteiger partial charge is 0.0967 e. The fourth-order valence-corrected chi connectivity index (χ4v) is 9.27. The van der Waals surface area contributed by atoms with Crippen molar-refractivity contribution in [1.29, 1.82) is 0 Å². The van der Waals surface area contributed by atoms with E-state index in [0.29, 0.717) is 0 Å². The van der Waals surface area contributed by atoms with Gasteiger partial charge in [-0.1, -0.05) is 72.8 Å². The molecule has 0 saturated carbocycles. The monoisotopic (exact) mass is 754 g/mol. The maximum Gasteiger partial charge on any atom is 0.0967 e. The number of carbonyl (C=O) groups excluding carboxylic acids is 2. The number of hydrogen-bond donors (Lipinski definition) is 1. The summed E-state index contributed by atoms with van der Waals surface area (Å²) in [4.78, 5) is 17.5. The van der Waals surface area contributed by atoms with Crippen molar-refractivity contribution in [1.82, 2.24) is 5.32 Å². The largest absolute Gasteiger partial charge is 0.310 e. The number of alkyl halides is 3. The molecule has 0 aliphatic rings. The standard InChI is InChI=1S/C28H29NP2.C3H3ClF2O2.CHO.ClH.Ru.H/c1-5-13-25(14-6-1)30(26-15-7-2-8-16-26)23-21-29-22-24-31(27-17-9-3-10-18-27)28-19-11-4-12-20-28;1-8-2(7)3(4,5)6;1-2;;;/h1-20,29H,21-24H2;1H3;1H;1H;;/q;;-1;;+3;/p+1. The number of nitrogens with one attached hydrogen (secondary N) is 1. The first kappa shape index (κ1) is 38.9. The minimum Gasteiger partial charge on any atom is -0.310 e. The molecule has 0 aromatic heterocycles. The zero-order valence-corrected chi connectivity index (χ0v) is 28.9. The Balaban J connectivity index is 0.000000663. The normalized spacial score (nSPS) is 10.3. The Morgan fingerprint density at radius 3 is 1.14 bits per heavy atom. The molecule has 0 atom stereocenters. The average molecular weight is 755 g/mol. The molecule has 0 amide bonds. The summed E-state index contributed by atoms with van der Waals surface area (Å²) in [5.74, 6) is -1.74. The SMILES string of the molecule is COC(=O)C(F)(F)Cl.[CH-]=O.[Cl][RuH+2].c1ccc([PH+](CCNCC[PH+](c2ccccc2)c2ccccc2)c2ccccc2)cc1. The van der Waals surface area contributed by atoms with E-state index >= 15 is 0 Å². The predicted molar refractivity (Wildman–Crippen MR) is 180 cm³/mol. The van der Waals surface area contributed by atoms with Crippen LogP contribution in [-0.4, -0.2) is 50.7 Å². The molecule has 0 unspecified atom stereocenters. The number of hydrogen-bond acceptors (Lipinski definition) is 4. The summed E-state index contributed by atoms with van der Waals surface area (Å²) in [6.07, 6.45) is 2.41. The second-order valence-corrected chi connectivity index (χ2v) is 14.4. The molecule has 0 aliphatic carbocycles. The molecular weight excluding hydrogens is 718 g/mol. The molecule has 4 aromatic carbocycles. The van der Waals surface area contributed by atoms with Crippen LogP contribution in [0.3, 0.4) is 0 Å². The van der Waals surface area contributed by atoms with E-state index in [9.17, 15) is 13.6 Å². The van der Waals surface area contributed by atoms with Crippen molar-refractivity contribution in [2.45, 2.75) is 5.38 Å². The molecule has 4 rings (SSSR count). The van der Waals surface area contributed by atoms with Crippen LogP contribution in [0, 0.1) is 0 Å². The maximum atomic E-state index is 11.4. The summed E-state index contributed by atoms with van der Waals surface area (Å²) < 4.78 is 26.4. The van der Waals surface area contributed by atoms with E-state index in [4.69, 9.17) is 4.79 Å². The van der Waals surface area contributed by atoms with Gasteiger partial charge in [-0.15, -0.1) is 0 Å².